The quantitative estimate of drug-likeness (QED) is 0.399. The fourth-order valence-electron chi connectivity index (χ4n) is 1.23. The van der Waals surface area contributed by atoms with Gasteiger partial charge in [0.15, 0.2) is 0 Å². The van der Waals surface area contributed by atoms with Crippen LogP contribution < -0.4 is 11.1 Å². The Hall–Kier alpha value is -2.04. The lowest BCUT2D eigenvalue weighted by molar-refractivity contribution is 0.259. The Kier molecular flexibility index (Phi) is 3.68. The number of rotatable bonds is 3. The minimum absolute atomic E-state index is 0.533. The van der Waals surface area contributed by atoms with Crippen LogP contribution in [0.5, 0.6) is 0 Å². The topological polar surface area (TPSA) is 87.7 Å². The molecule has 0 heterocycles. The SMILES string of the molecule is CC(Cc1cccc(NC(N)=O)c1)=NO. The molecule has 0 saturated carbocycles. The minimum Gasteiger partial charge on any atom is -0.411 e. The second-order valence-corrected chi connectivity index (χ2v) is 3.20. The zero-order chi connectivity index (χ0) is 11.3. The molecular formula is C10H13N3O2. The van der Waals surface area contributed by atoms with Crippen molar-refractivity contribution in [1.82, 2.24) is 0 Å². The zero-order valence-corrected chi connectivity index (χ0v) is 8.40. The van der Waals surface area contributed by atoms with Crippen molar-refractivity contribution in [2.75, 3.05) is 5.32 Å². The van der Waals surface area contributed by atoms with Crippen molar-refractivity contribution >= 4 is 17.4 Å². The predicted molar refractivity (Wildman–Crippen MR) is 58.2 cm³/mol. The van der Waals surface area contributed by atoms with E-state index in [4.69, 9.17) is 10.9 Å². The summed E-state index contributed by atoms with van der Waals surface area (Å²) in [4.78, 5) is 10.6. The van der Waals surface area contributed by atoms with Crippen molar-refractivity contribution in [3.8, 4) is 0 Å². The summed E-state index contributed by atoms with van der Waals surface area (Å²) in [5, 5.41) is 14.1. The molecule has 15 heavy (non-hydrogen) atoms. The van der Waals surface area contributed by atoms with Gasteiger partial charge in [0, 0.05) is 12.1 Å². The Morgan fingerprint density at radius 2 is 2.33 bits per heavy atom. The third kappa shape index (κ3) is 3.68. The number of carbonyl (C=O) groups excluding carboxylic acids is 1. The van der Waals surface area contributed by atoms with E-state index in [1.165, 1.54) is 0 Å². The van der Waals surface area contributed by atoms with E-state index in [9.17, 15) is 4.79 Å². The highest BCUT2D eigenvalue weighted by Gasteiger charge is 2.00. The molecule has 0 atom stereocenters. The van der Waals surface area contributed by atoms with Gasteiger partial charge in [-0.3, -0.25) is 0 Å². The lowest BCUT2D eigenvalue weighted by atomic mass is 10.1. The van der Waals surface area contributed by atoms with E-state index in [1.54, 1.807) is 25.1 Å². The average molecular weight is 207 g/mol. The number of hydrogen-bond donors (Lipinski definition) is 3. The Morgan fingerprint density at radius 3 is 2.93 bits per heavy atom. The number of oxime groups is 1. The van der Waals surface area contributed by atoms with Crippen LogP contribution in [-0.2, 0) is 6.42 Å². The van der Waals surface area contributed by atoms with Gasteiger partial charge in [-0.2, -0.15) is 0 Å². The number of primary amides is 1. The van der Waals surface area contributed by atoms with Crippen LogP contribution >= 0.6 is 0 Å². The van der Waals surface area contributed by atoms with Gasteiger partial charge >= 0.3 is 6.03 Å². The molecule has 1 rings (SSSR count). The fraction of sp³-hybridized carbons (Fsp3) is 0.200. The first-order valence-electron chi connectivity index (χ1n) is 4.44. The van der Waals surface area contributed by atoms with E-state index in [2.05, 4.69) is 10.5 Å². The summed E-state index contributed by atoms with van der Waals surface area (Å²) in [6, 6.07) is 6.59. The summed E-state index contributed by atoms with van der Waals surface area (Å²) in [5.41, 5.74) is 7.16. The molecular weight excluding hydrogens is 194 g/mol. The van der Waals surface area contributed by atoms with Gasteiger partial charge in [0.1, 0.15) is 0 Å². The molecule has 2 amide bonds. The van der Waals surface area contributed by atoms with Crippen molar-refractivity contribution in [2.45, 2.75) is 13.3 Å². The van der Waals surface area contributed by atoms with Crippen LogP contribution in [0, 0.1) is 0 Å². The molecule has 0 aromatic heterocycles. The molecule has 0 radical (unpaired) electrons. The highest BCUT2D eigenvalue weighted by molar-refractivity contribution is 5.88. The largest absolute Gasteiger partial charge is 0.411 e. The zero-order valence-electron chi connectivity index (χ0n) is 8.40. The Morgan fingerprint density at radius 1 is 1.60 bits per heavy atom. The van der Waals surface area contributed by atoms with E-state index in [0.29, 0.717) is 17.8 Å². The predicted octanol–water partition coefficient (Wildman–Crippen LogP) is 1.57. The lowest BCUT2D eigenvalue weighted by Gasteiger charge is -2.04. The standard InChI is InChI=1S/C10H13N3O2/c1-7(13-15)5-8-3-2-4-9(6-8)12-10(11)14/h2-4,6,15H,5H2,1H3,(H3,11,12,14). The molecule has 0 fully saturated rings. The number of nitrogens with zero attached hydrogens (tertiary/aromatic N) is 1. The Bertz CT molecular complexity index is 388. The van der Waals surface area contributed by atoms with Crippen LogP contribution in [0.25, 0.3) is 0 Å². The van der Waals surface area contributed by atoms with Crippen LogP contribution in [-0.4, -0.2) is 17.0 Å². The fourth-order valence-corrected chi connectivity index (χ4v) is 1.23. The van der Waals surface area contributed by atoms with Crippen molar-refractivity contribution in [3.05, 3.63) is 29.8 Å². The number of nitrogens with one attached hydrogen (secondary N) is 1. The first kappa shape index (κ1) is 11.0. The van der Waals surface area contributed by atoms with Gasteiger partial charge in [0.25, 0.3) is 0 Å². The number of nitrogens with two attached hydrogens (primary N) is 1. The van der Waals surface area contributed by atoms with E-state index in [1.807, 2.05) is 6.07 Å². The van der Waals surface area contributed by atoms with Crippen LogP contribution in [0.4, 0.5) is 10.5 Å². The summed E-state index contributed by atoms with van der Waals surface area (Å²) in [6.07, 6.45) is 0.533. The molecule has 0 bridgehead atoms. The van der Waals surface area contributed by atoms with Crippen molar-refractivity contribution in [3.63, 3.8) is 0 Å². The highest BCUT2D eigenvalue weighted by atomic mass is 16.4. The summed E-state index contributed by atoms with van der Waals surface area (Å²) >= 11 is 0. The lowest BCUT2D eigenvalue weighted by Crippen LogP contribution is -2.19. The number of hydrogen-bond acceptors (Lipinski definition) is 3. The van der Waals surface area contributed by atoms with E-state index < -0.39 is 6.03 Å². The van der Waals surface area contributed by atoms with Gasteiger partial charge in [0.05, 0.1) is 5.71 Å². The molecule has 5 nitrogen and oxygen atoms in total. The van der Waals surface area contributed by atoms with Crippen molar-refractivity contribution < 1.29 is 10.0 Å². The normalized spacial score (nSPS) is 11.1. The van der Waals surface area contributed by atoms with E-state index in [-0.39, 0.29) is 0 Å². The number of carbonyl (C=O) groups is 1. The molecule has 0 saturated heterocycles. The molecule has 0 aliphatic heterocycles. The summed E-state index contributed by atoms with van der Waals surface area (Å²) in [6.45, 7) is 1.72. The molecule has 1 aromatic rings. The highest BCUT2D eigenvalue weighted by Crippen LogP contribution is 2.11. The molecule has 0 aliphatic rings. The monoisotopic (exact) mass is 207 g/mol. The van der Waals surface area contributed by atoms with Gasteiger partial charge in [-0.25, -0.2) is 4.79 Å². The summed E-state index contributed by atoms with van der Waals surface area (Å²) in [7, 11) is 0. The van der Waals surface area contributed by atoms with Gasteiger partial charge in [-0.05, 0) is 24.6 Å². The third-order valence-corrected chi connectivity index (χ3v) is 1.83. The Labute approximate surface area is 87.6 Å². The molecule has 0 unspecified atom stereocenters. The number of amides is 2. The minimum atomic E-state index is -0.598. The van der Waals surface area contributed by atoms with Gasteiger partial charge < -0.3 is 16.3 Å². The van der Waals surface area contributed by atoms with Gasteiger partial charge in [0.2, 0.25) is 0 Å². The van der Waals surface area contributed by atoms with Gasteiger partial charge in [-0.1, -0.05) is 17.3 Å². The number of urea groups is 1. The maximum atomic E-state index is 10.6. The molecule has 1 aromatic carbocycles. The van der Waals surface area contributed by atoms with E-state index in [0.717, 1.165) is 5.56 Å². The first-order valence-corrected chi connectivity index (χ1v) is 4.44. The van der Waals surface area contributed by atoms with Crippen LogP contribution in [0.3, 0.4) is 0 Å². The maximum Gasteiger partial charge on any atom is 0.316 e. The van der Waals surface area contributed by atoms with Crippen LogP contribution in [0.1, 0.15) is 12.5 Å². The number of benzene rings is 1. The Balaban J connectivity index is 2.78. The molecule has 0 spiro atoms. The molecule has 0 aliphatic carbocycles. The molecule has 4 N–H and O–H groups in total. The summed E-state index contributed by atoms with van der Waals surface area (Å²) < 4.78 is 0. The van der Waals surface area contributed by atoms with Crippen molar-refractivity contribution in [1.29, 1.82) is 0 Å². The van der Waals surface area contributed by atoms with Crippen LogP contribution in [0.15, 0.2) is 29.4 Å². The van der Waals surface area contributed by atoms with Gasteiger partial charge in [-0.15, -0.1) is 0 Å². The molecule has 5 heteroatoms. The second kappa shape index (κ2) is 4.99. The average Bonchev–Trinajstić information content (AvgIpc) is 2.17. The third-order valence-electron chi connectivity index (χ3n) is 1.83. The number of anilines is 1. The summed E-state index contributed by atoms with van der Waals surface area (Å²) in [5.74, 6) is 0. The molecule has 80 valence electrons. The van der Waals surface area contributed by atoms with Crippen molar-refractivity contribution in [2.24, 2.45) is 10.9 Å². The smallest absolute Gasteiger partial charge is 0.316 e. The second-order valence-electron chi connectivity index (χ2n) is 3.20. The maximum absolute atomic E-state index is 10.6. The van der Waals surface area contributed by atoms with E-state index >= 15 is 0 Å². The first-order chi connectivity index (χ1) is 7.11. The van der Waals surface area contributed by atoms with Crippen LogP contribution in [0.2, 0.25) is 0 Å².